The van der Waals surface area contributed by atoms with Crippen LogP contribution in [0.2, 0.25) is 5.02 Å². The number of nitrogens with one attached hydrogen (secondary N) is 2. The van der Waals surface area contributed by atoms with Crippen LogP contribution in [0.1, 0.15) is 33.5 Å². The lowest BCUT2D eigenvalue weighted by molar-refractivity contribution is -0.134. The first-order chi connectivity index (χ1) is 12.9. The normalized spacial score (nSPS) is 19.1. The molecule has 1 fully saturated rings. The van der Waals surface area contributed by atoms with E-state index in [9.17, 15) is 9.59 Å². The van der Waals surface area contributed by atoms with Gasteiger partial charge in [0, 0.05) is 18.6 Å². The number of rotatable bonds is 5. The Bertz CT molecular complexity index is 834. The Labute approximate surface area is 162 Å². The average Bonchev–Trinajstić information content (AvgIpc) is 3.28. The van der Waals surface area contributed by atoms with Crippen molar-refractivity contribution in [2.24, 2.45) is 5.92 Å². The number of hydrazine groups is 1. The number of esters is 1. The first-order valence-corrected chi connectivity index (χ1v) is 8.95. The average molecular weight is 392 g/mol. The summed E-state index contributed by atoms with van der Waals surface area (Å²) in [6.45, 7) is 2.47. The predicted molar refractivity (Wildman–Crippen MR) is 100 cm³/mol. The van der Waals surface area contributed by atoms with Gasteiger partial charge in [-0.3, -0.25) is 10.2 Å². The van der Waals surface area contributed by atoms with Crippen LogP contribution in [0, 0.1) is 12.8 Å². The van der Waals surface area contributed by atoms with Crippen molar-refractivity contribution in [3.05, 3.63) is 58.0 Å². The third-order valence-electron chi connectivity index (χ3n) is 4.67. The van der Waals surface area contributed by atoms with Gasteiger partial charge >= 0.3 is 5.97 Å². The largest absolute Gasteiger partial charge is 0.465 e. The second-order valence-corrected chi connectivity index (χ2v) is 6.97. The van der Waals surface area contributed by atoms with Crippen molar-refractivity contribution in [2.75, 3.05) is 20.7 Å². The first-order valence-electron chi connectivity index (χ1n) is 8.57. The smallest absolute Gasteiger partial charge is 0.341 e. The Hall–Kier alpha value is -2.35. The molecule has 2 aromatic rings. The molecule has 2 atom stereocenters. The molecule has 0 radical (unpaired) electrons. The van der Waals surface area contributed by atoms with Crippen LogP contribution >= 0.6 is 11.6 Å². The Morgan fingerprint density at radius 1 is 1.33 bits per heavy atom. The van der Waals surface area contributed by atoms with Gasteiger partial charge in [-0.15, -0.1) is 0 Å². The lowest BCUT2D eigenvalue weighted by Crippen LogP contribution is -2.36. The van der Waals surface area contributed by atoms with E-state index in [1.165, 1.54) is 7.11 Å². The summed E-state index contributed by atoms with van der Waals surface area (Å²) in [5.41, 5.74) is 7.56. The fourth-order valence-corrected chi connectivity index (χ4v) is 3.37. The Balaban J connectivity index is 1.71. The van der Waals surface area contributed by atoms with Crippen molar-refractivity contribution in [2.45, 2.75) is 19.5 Å². The van der Waals surface area contributed by atoms with Crippen LogP contribution in [-0.2, 0) is 16.1 Å². The highest BCUT2D eigenvalue weighted by atomic mass is 35.5. The zero-order valence-electron chi connectivity index (χ0n) is 15.4. The highest BCUT2D eigenvalue weighted by Gasteiger charge is 2.35. The minimum Gasteiger partial charge on any atom is -0.465 e. The van der Waals surface area contributed by atoms with Crippen LogP contribution in [0.15, 0.2) is 34.7 Å². The summed E-state index contributed by atoms with van der Waals surface area (Å²) in [6, 6.07) is 8.90. The fraction of sp³-hybridized carbons (Fsp3) is 0.368. The molecule has 7 nitrogen and oxygen atoms in total. The van der Waals surface area contributed by atoms with E-state index in [0.29, 0.717) is 28.7 Å². The second-order valence-electron chi connectivity index (χ2n) is 6.53. The lowest BCUT2D eigenvalue weighted by atomic mass is 9.94. The van der Waals surface area contributed by atoms with Crippen LogP contribution in [0.3, 0.4) is 0 Å². The molecule has 1 amide bonds. The van der Waals surface area contributed by atoms with E-state index in [-0.39, 0.29) is 24.4 Å². The molecule has 2 N–H and O–H groups in total. The number of amides is 1. The second kappa shape index (κ2) is 8.12. The minimum absolute atomic E-state index is 0.0267. The van der Waals surface area contributed by atoms with Crippen LogP contribution in [-0.4, -0.2) is 37.5 Å². The number of carbonyl (C=O) groups is 2. The van der Waals surface area contributed by atoms with Gasteiger partial charge < -0.3 is 14.1 Å². The third-order valence-corrected chi connectivity index (χ3v) is 4.92. The van der Waals surface area contributed by atoms with Crippen molar-refractivity contribution in [3.8, 4) is 0 Å². The zero-order valence-corrected chi connectivity index (χ0v) is 16.2. The van der Waals surface area contributed by atoms with Gasteiger partial charge in [-0.2, -0.15) is 0 Å². The Morgan fingerprint density at radius 3 is 2.70 bits per heavy atom. The number of halogens is 1. The number of benzene rings is 1. The molecule has 27 heavy (non-hydrogen) atoms. The number of ether oxygens (including phenoxy) is 1. The number of nitrogens with zero attached hydrogens (tertiary/aromatic N) is 1. The van der Waals surface area contributed by atoms with Gasteiger partial charge in [0.15, 0.2) is 0 Å². The summed E-state index contributed by atoms with van der Waals surface area (Å²) in [6.07, 6.45) is 0. The number of furan rings is 1. The molecule has 1 aromatic carbocycles. The molecule has 0 saturated carbocycles. The van der Waals surface area contributed by atoms with Crippen LogP contribution < -0.4 is 10.9 Å². The zero-order chi connectivity index (χ0) is 19.6. The summed E-state index contributed by atoms with van der Waals surface area (Å²) >= 11 is 5.95. The molecule has 0 bridgehead atoms. The van der Waals surface area contributed by atoms with E-state index in [1.54, 1.807) is 24.9 Å². The molecule has 1 aliphatic rings. The maximum absolute atomic E-state index is 13.0. The van der Waals surface area contributed by atoms with Gasteiger partial charge in [-0.05, 0) is 30.7 Å². The third kappa shape index (κ3) is 4.16. The molecular formula is C19H22ClN3O4. The Kier molecular flexibility index (Phi) is 5.84. The maximum atomic E-state index is 13.0. The topological polar surface area (TPSA) is 83.8 Å². The first kappa shape index (κ1) is 19.4. The standard InChI is InChI=1S/C19H22ClN3O4/c1-11-15(19(25)26-3)8-14(27-11)10-23(2)18(24)16-9-21-22-17(16)12-4-6-13(20)7-5-12/h4-8,16-17,21-22H,9-10H2,1-3H3. The van der Waals surface area contributed by atoms with E-state index < -0.39 is 5.97 Å². The van der Waals surface area contributed by atoms with Crippen molar-refractivity contribution >= 4 is 23.5 Å². The molecule has 1 saturated heterocycles. The monoisotopic (exact) mass is 391 g/mol. The number of hydrogen-bond acceptors (Lipinski definition) is 6. The van der Waals surface area contributed by atoms with Gasteiger partial charge in [0.05, 0.1) is 25.6 Å². The van der Waals surface area contributed by atoms with Crippen molar-refractivity contribution in [1.29, 1.82) is 0 Å². The van der Waals surface area contributed by atoms with Gasteiger partial charge in [0.25, 0.3) is 0 Å². The van der Waals surface area contributed by atoms with Crippen LogP contribution in [0.4, 0.5) is 0 Å². The molecule has 2 heterocycles. The van der Waals surface area contributed by atoms with Crippen molar-refractivity contribution < 1.29 is 18.7 Å². The summed E-state index contributed by atoms with van der Waals surface area (Å²) in [5.74, 6) is 0.253. The highest BCUT2D eigenvalue weighted by Crippen LogP contribution is 2.28. The molecule has 1 aromatic heterocycles. The van der Waals surface area contributed by atoms with Crippen molar-refractivity contribution in [1.82, 2.24) is 15.8 Å². The van der Waals surface area contributed by atoms with Crippen LogP contribution in [0.25, 0.3) is 0 Å². The van der Waals surface area contributed by atoms with E-state index in [0.717, 1.165) is 5.56 Å². The molecule has 3 rings (SSSR count). The van der Waals surface area contributed by atoms with Gasteiger partial charge in [-0.25, -0.2) is 10.2 Å². The van der Waals surface area contributed by atoms with Gasteiger partial charge in [0.1, 0.15) is 17.1 Å². The highest BCUT2D eigenvalue weighted by molar-refractivity contribution is 6.30. The number of aryl methyl sites for hydroxylation is 1. The molecule has 2 unspecified atom stereocenters. The van der Waals surface area contributed by atoms with E-state index in [2.05, 4.69) is 10.9 Å². The number of carbonyl (C=O) groups excluding carboxylic acids is 2. The van der Waals surface area contributed by atoms with Crippen LogP contribution in [0.5, 0.6) is 0 Å². The molecule has 0 spiro atoms. The number of hydrogen-bond donors (Lipinski definition) is 2. The predicted octanol–water partition coefficient (Wildman–Crippen LogP) is 2.45. The molecule has 144 valence electrons. The van der Waals surface area contributed by atoms with Crippen molar-refractivity contribution in [3.63, 3.8) is 0 Å². The van der Waals surface area contributed by atoms with E-state index in [4.69, 9.17) is 20.8 Å². The van der Waals surface area contributed by atoms with E-state index in [1.807, 2.05) is 24.3 Å². The summed E-state index contributed by atoms with van der Waals surface area (Å²) in [7, 11) is 3.04. The summed E-state index contributed by atoms with van der Waals surface area (Å²) in [4.78, 5) is 26.3. The Morgan fingerprint density at radius 2 is 2.04 bits per heavy atom. The van der Waals surface area contributed by atoms with Gasteiger partial charge in [-0.1, -0.05) is 23.7 Å². The minimum atomic E-state index is -0.455. The fourth-order valence-electron chi connectivity index (χ4n) is 3.24. The molecule has 0 aliphatic carbocycles. The summed E-state index contributed by atoms with van der Waals surface area (Å²) in [5, 5.41) is 0.652. The quantitative estimate of drug-likeness (QED) is 0.762. The lowest BCUT2D eigenvalue weighted by Gasteiger charge is -2.24. The van der Waals surface area contributed by atoms with E-state index >= 15 is 0 Å². The SMILES string of the molecule is COC(=O)c1cc(CN(C)C(=O)C2CNNC2c2ccc(Cl)cc2)oc1C. The number of methoxy groups -OCH3 is 1. The molecule has 1 aliphatic heterocycles. The van der Waals surface area contributed by atoms with Gasteiger partial charge in [0.2, 0.25) is 5.91 Å². The molecular weight excluding hydrogens is 370 g/mol. The molecule has 8 heteroatoms. The maximum Gasteiger partial charge on any atom is 0.341 e. The summed E-state index contributed by atoms with van der Waals surface area (Å²) < 4.78 is 10.3.